The first kappa shape index (κ1) is 22.2. The van der Waals surface area contributed by atoms with Crippen LogP contribution in [-0.2, 0) is 11.3 Å². The van der Waals surface area contributed by atoms with Crippen LogP contribution in [0.3, 0.4) is 0 Å². The van der Waals surface area contributed by atoms with Gasteiger partial charge in [-0.15, -0.1) is 0 Å². The molecule has 1 aromatic rings. The van der Waals surface area contributed by atoms with Gasteiger partial charge in [-0.1, -0.05) is 19.3 Å². The van der Waals surface area contributed by atoms with E-state index in [9.17, 15) is 4.79 Å². The topological polar surface area (TPSA) is 83.3 Å². The molecule has 0 saturated heterocycles. The molecule has 158 valence electrons. The van der Waals surface area contributed by atoms with Crippen LogP contribution in [0.1, 0.15) is 63.3 Å². The summed E-state index contributed by atoms with van der Waals surface area (Å²) in [5, 5.41) is 14.1. The zero-order valence-electron chi connectivity index (χ0n) is 17.9. The normalized spacial score (nSPS) is 15.5. The van der Waals surface area contributed by atoms with Gasteiger partial charge in [0.25, 0.3) is 0 Å². The molecule has 7 heteroatoms. The molecular formula is C21H38N6O. The number of rotatable bonds is 10. The number of aromatic nitrogens is 2. The summed E-state index contributed by atoms with van der Waals surface area (Å²) in [6.07, 6.45) is 7.93. The Hall–Kier alpha value is -2.05. The third-order valence-corrected chi connectivity index (χ3v) is 5.18. The van der Waals surface area contributed by atoms with Gasteiger partial charge in [-0.3, -0.25) is 14.5 Å². The average molecular weight is 391 g/mol. The van der Waals surface area contributed by atoms with E-state index in [1.807, 2.05) is 11.6 Å². The Labute approximate surface area is 169 Å². The van der Waals surface area contributed by atoms with E-state index in [0.29, 0.717) is 25.4 Å². The highest BCUT2D eigenvalue weighted by atomic mass is 16.1. The van der Waals surface area contributed by atoms with Crippen LogP contribution in [0.4, 0.5) is 0 Å². The van der Waals surface area contributed by atoms with E-state index < -0.39 is 0 Å². The van der Waals surface area contributed by atoms with Gasteiger partial charge in [0.15, 0.2) is 5.96 Å². The monoisotopic (exact) mass is 390 g/mol. The number of hydrogen-bond acceptors (Lipinski definition) is 3. The summed E-state index contributed by atoms with van der Waals surface area (Å²) in [6, 6.07) is 2.09. The lowest BCUT2D eigenvalue weighted by Gasteiger charge is -2.20. The molecule has 0 spiro atoms. The second-order valence-electron chi connectivity index (χ2n) is 7.75. The van der Waals surface area contributed by atoms with Crippen molar-refractivity contribution in [2.75, 3.05) is 26.2 Å². The number of nitrogens with one attached hydrogen (secondary N) is 3. The number of aryl methyl sites for hydroxylation is 3. The molecule has 1 saturated carbocycles. The van der Waals surface area contributed by atoms with Crippen molar-refractivity contribution < 1.29 is 4.79 Å². The summed E-state index contributed by atoms with van der Waals surface area (Å²) < 4.78 is 2.03. The minimum absolute atomic E-state index is 0.181. The fourth-order valence-corrected chi connectivity index (χ4v) is 3.76. The van der Waals surface area contributed by atoms with Crippen molar-refractivity contribution in [1.82, 2.24) is 25.7 Å². The molecule has 2 rings (SSSR count). The van der Waals surface area contributed by atoms with Gasteiger partial charge < -0.3 is 16.0 Å². The Morgan fingerprint density at radius 1 is 1.18 bits per heavy atom. The Balaban J connectivity index is 1.62. The van der Waals surface area contributed by atoms with Crippen molar-refractivity contribution in [3.05, 3.63) is 17.5 Å². The van der Waals surface area contributed by atoms with Gasteiger partial charge in [0.05, 0.1) is 5.69 Å². The largest absolute Gasteiger partial charge is 0.357 e. The van der Waals surface area contributed by atoms with E-state index in [-0.39, 0.29) is 5.91 Å². The van der Waals surface area contributed by atoms with Crippen LogP contribution in [0, 0.1) is 19.8 Å². The first-order valence-corrected chi connectivity index (χ1v) is 10.9. The van der Waals surface area contributed by atoms with Crippen LogP contribution in [0.15, 0.2) is 11.1 Å². The molecule has 7 nitrogen and oxygen atoms in total. The van der Waals surface area contributed by atoms with Crippen LogP contribution in [-0.4, -0.2) is 47.8 Å². The molecule has 0 aromatic carbocycles. The highest BCUT2D eigenvalue weighted by Gasteiger charge is 2.16. The Morgan fingerprint density at radius 3 is 2.61 bits per heavy atom. The molecule has 3 N–H and O–H groups in total. The molecule has 0 unspecified atom stereocenters. The first-order chi connectivity index (χ1) is 13.6. The summed E-state index contributed by atoms with van der Waals surface area (Å²) in [5.41, 5.74) is 2.25. The Kier molecular flexibility index (Phi) is 9.86. The molecule has 1 aromatic heterocycles. The maximum Gasteiger partial charge on any atom is 0.220 e. The molecule has 1 fully saturated rings. The third-order valence-electron chi connectivity index (χ3n) is 5.18. The van der Waals surface area contributed by atoms with Gasteiger partial charge in [-0.05, 0) is 52.0 Å². The predicted octanol–water partition coefficient (Wildman–Crippen LogP) is 2.53. The van der Waals surface area contributed by atoms with Crippen molar-refractivity contribution in [2.45, 2.75) is 72.3 Å². The number of carbonyl (C=O) groups is 1. The van der Waals surface area contributed by atoms with Crippen LogP contribution in [0.5, 0.6) is 0 Å². The van der Waals surface area contributed by atoms with Crippen LogP contribution >= 0.6 is 0 Å². The van der Waals surface area contributed by atoms with Gasteiger partial charge >= 0.3 is 0 Å². The summed E-state index contributed by atoms with van der Waals surface area (Å²) >= 11 is 0. The molecule has 1 aliphatic carbocycles. The van der Waals surface area contributed by atoms with Crippen LogP contribution in [0.2, 0.25) is 0 Å². The molecule has 0 atom stereocenters. The maximum absolute atomic E-state index is 12.1. The quantitative estimate of drug-likeness (QED) is 0.326. The van der Waals surface area contributed by atoms with Crippen molar-refractivity contribution in [2.24, 2.45) is 10.9 Å². The lowest BCUT2D eigenvalue weighted by molar-refractivity contribution is -0.122. The van der Waals surface area contributed by atoms with E-state index in [1.165, 1.54) is 37.8 Å². The summed E-state index contributed by atoms with van der Waals surface area (Å²) in [7, 11) is 0. The average Bonchev–Trinajstić information content (AvgIpc) is 3.00. The highest BCUT2D eigenvalue weighted by molar-refractivity contribution is 5.80. The molecule has 1 heterocycles. The van der Waals surface area contributed by atoms with E-state index in [2.05, 4.69) is 46.0 Å². The minimum atomic E-state index is 0.181. The van der Waals surface area contributed by atoms with Crippen molar-refractivity contribution in [3.63, 3.8) is 0 Å². The van der Waals surface area contributed by atoms with Crippen LogP contribution < -0.4 is 16.0 Å². The van der Waals surface area contributed by atoms with Gasteiger partial charge in [-0.25, -0.2) is 0 Å². The van der Waals surface area contributed by atoms with E-state index in [4.69, 9.17) is 0 Å². The maximum atomic E-state index is 12.1. The number of aliphatic imine (C=N–C) groups is 1. The Morgan fingerprint density at radius 2 is 1.93 bits per heavy atom. The van der Waals surface area contributed by atoms with Gasteiger partial charge in [-0.2, -0.15) is 5.10 Å². The number of nitrogens with zero attached hydrogens (tertiary/aromatic N) is 3. The van der Waals surface area contributed by atoms with E-state index in [0.717, 1.165) is 37.7 Å². The second kappa shape index (κ2) is 12.4. The smallest absolute Gasteiger partial charge is 0.220 e. The number of amides is 1. The van der Waals surface area contributed by atoms with Gasteiger partial charge in [0, 0.05) is 44.8 Å². The summed E-state index contributed by atoms with van der Waals surface area (Å²) in [5.74, 6) is 1.57. The number of guanidine groups is 1. The van der Waals surface area contributed by atoms with E-state index >= 15 is 0 Å². The molecule has 0 aliphatic heterocycles. The summed E-state index contributed by atoms with van der Waals surface area (Å²) in [4.78, 5) is 16.7. The fourth-order valence-electron chi connectivity index (χ4n) is 3.76. The molecule has 1 amide bonds. The van der Waals surface area contributed by atoms with E-state index in [1.54, 1.807) is 0 Å². The van der Waals surface area contributed by atoms with Crippen molar-refractivity contribution in [3.8, 4) is 0 Å². The Bertz CT molecular complexity index is 618. The SMILES string of the molecule is CCNC(=NCCCn1nc(C)cc1C)NCCNC(=O)CC1CCCCC1. The summed E-state index contributed by atoms with van der Waals surface area (Å²) in [6.45, 7) is 9.89. The zero-order valence-corrected chi connectivity index (χ0v) is 17.9. The lowest BCUT2D eigenvalue weighted by atomic mass is 9.87. The predicted molar refractivity (Wildman–Crippen MR) is 115 cm³/mol. The molecule has 28 heavy (non-hydrogen) atoms. The lowest BCUT2D eigenvalue weighted by Crippen LogP contribution is -2.41. The third kappa shape index (κ3) is 8.31. The standard InChI is InChI=1S/C21H38N6O/c1-4-22-21(24-11-8-14-27-18(3)15-17(2)26-27)25-13-12-23-20(28)16-19-9-6-5-7-10-19/h15,19H,4-14,16H2,1-3H3,(H,23,28)(H2,22,24,25). The molecular weight excluding hydrogens is 352 g/mol. The first-order valence-electron chi connectivity index (χ1n) is 10.9. The fraction of sp³-hybridized carbons (Fsp3) is 0.762. The number of carbonyl (C=O) groups excluding carboxylic acids is 1. The van der Waals surface area contributed by atoms with Gasteiger partial charge in [0.1, 0.15) is 0 Å². The second-order valence-corrected chi connectivity index (χ2v) is 7.75. The molecule has 1 aliphatic rings. The molecule has 0 radical (unpaired) electrons. The van der Waals surface area contributed by atoms with Gasteiger partial charge in [0.2, 0.25) is 5.91 Å². The van der Waals surface area contributed by atoms with Crippen molar-refractivity contribution in [1.29, 1.82) is 0 Å². The minimum Gasteiger partial charge on any atom is -0.357 e. The number of hydrogen-bond donors (Lipinski definition) is 3. The molecule has 0 bridgehead atoms. The van der Waals surface area contributed by atoms with Crippen LogP contribution in [0.25, 0.3) is 0 Å². The zero-order chi connectivity index (χ0) is 20.2. The van der Waals surface area contributed by atoms with Crippen molar-refractivity contribution >= 4 is 11.9 Å². The highest BCUT2D eigenvalue weighted by Crippen LogP contribution is 2.25.